The van der Waals surface area contributed by atoms with Gasteiger partial charge in [-0.25, -0.2) is 0 Å². The number of carboxylic acids is 1. The molecule has 0 saturated heterocycles. The van der Waals surface area contributed by atoms with Crippen LogP contribution >= 0.6 is 0 Å². The summed E-state index contributed by atoms with van der Waals surface area (Å²) in [5, 5.41) is 9.84. The first-order valence-electron chi connectivity index (χ1n) is 9.21. The van der Waals surface area contributed by atoms with Crippen LogP contribution in [0.3, 0.4) is 0 Å². The quantitative estimate of drug-likeness (QED) is 0.704. The lowest BCUT2D eigenvalue weighted by atomic mass is 9.46. The van der Waals surface area contributed by atoms with Crippen LogP contribution in [-0.2, 0) is 4.79 Å². The molecular weight excluding hydrogens is 272 g/mol. The van der Waals surface area contributed by atoms with Crippen LogP contribution < -0.4 is 0 Å². The highest BCUT2D eigenvalue weighted by atomic mass is 16.4. The van der Waals surface area contributed by atoms with E-state index in [1.54, 1.807) is 5.57 Å². The lowest BCUT2D eigenvalue weighted by Crippen LogP contribution is -2.53. The maximum absolute atomic E-state index is 12.0. The molecule has 0 bridgehead atoms. The standard InChI is InChI=1S/C20H32O2/c1-13(2)14-6-8-16-15(12-14)7-9-17-19(16,3)10-5-11-20(17,4)18(21)22/h7,13-14,16-17H,5-6,8-12H2,1-4H3,(H,21,22)/t14?,16?,17?,19-,20-/m1/s1. The van der Waals surface area contributed by atoms with Crippen molar-refractivity contribution in [2.24, 2.45) is 34.5 Å². The first-order chi connectivity index (χ1) is 10.3. The fourth-order valence-electron chi connectivity index (χ4n) is 6.05. The Kier molecular flexibility index (Phi) is 3.94. The summed E-state index contributed by atoms with van der Waals surface area (Å²) in [7, 11) is 0. The minimum Gasteiger partial charge on any atom is -0.481 e. The fraction of sp³-hybridized carbons (Fsp3) is 0.850. The van der Waals surface area contributed by atoms with E-state index in [2.05, 4.69) is 26.8 Å². The van der Waals surface area contributed by atoms with Gasteiger partial charge in [0.1, 0.15) is 0 Å². The average Bonchev–Trinajstić information content (AvgIpc) is 2.46. The van der Waals surface area contributed by atoms with E-state index < -0.39 is 11.4 Å². The molecule has 0 amide bonds. The largest absolute Gasteiger partial charge is 0.481 e. The molecule has 0 radical (unpaired) electrons. The van der Waals surface area contributed by atoms with Gasteiger partial charge in [0, 0.05) is 0 Å². The Balaban J connectivity index is 1.92. The van der Waals surface area contributed by atoms with Gasteiger partial charge in [0.05, 0.1) is 5.41 Å². The molecule has 3 aliphatic rings. The molecule has 124 valence electrons. The molecule has 0 aromatic heterocycles. The van der Waals surface area contributed by atoms with E-state index in [0.717, 1.165) is 31.1 Å². The molecule has 2 nitrogen and oxygen atoms in total. The third kappa shape index (κ3) is 2.25. The molecule has 0 spiro atoms. The predicted molar refractivity (Wildman–Crippen MR) is 89.6 cm³/mol. The molecule has 22 heavy (non-hydrogen) atoms. The molecule has 2 heteroatoms. The van der Waals surface area contributed by atoms with Crippen molar-refractivity contribution in [3.8, 4) is 0 Å². The summed E-state index contributed by atoms with van der Waals surface area (Å²) < 4.78 is 0. The second-order valence-corrected chi connectivity index (χ2v) is 8.99. The molecule has 0 aromatic carbocycles. The summed E-state index contributed by atoms with van der Waals surface area (Å²) in [6.45, 7) is 9.11. The van der Waals surface area contributed by atoms with Crippen LogP contribution in [0.15, 0.2) is 11.6 Å². The van der Waals surface area contributed by atoms with Crippen molar-refractivity contribution in [3.63, 3.8) is 0 Å². The number of carbonyl (C=O) groups is 1. The van der Waals surface area contributed by atoms with Crippen molar-refractivity contribution in [1.82, 2.24) is 0 Å². The number of hydrogen-bond donors (Lipinski definition) is 1. The maximum Gasteiger partial charge on any atom is 0.309 e. The molecule has 2 saturated carbocycles. The molecule has 0 aromatic rings. The zero-order valence-corrected chi connectivity index (χ0v) is 14.7. The number of fused-ring (bicyclic) bond motifs is 3. The van der Waals surface area contributed by atoms with Gasteiger partial charge in [-0.1, -0.05) is 38.8 Å². The molecule has 0 aliphatic heterocycles. The number of aliphatic carboxylic acids is 1. The third-order valence-corrected chi connectivity index (χ3v) is 7.59. The van der Waals surface area contributed by atoms with Crippen LogP contribution in [0.25, 0.3) is 0 Å². The van der Waals surface area contributed by atoms with Crippen LogP contribution in [0, 0.1) is 34.5 Å². The van der Waals surface area contributed by atoms with Gasteiger partial charge >= 0.3 is 5.97 Å². The molecule has 3 unspecified atom stereocenters. The molecular formula is C20H32O2. The van der Waals surface area contributed by atoms with Gasteiger partial charge in [-0.3, -0.25) is 4.79 Å². The normalized spacial score (nSPS) is 45.0. The van der Waals surface area contributed by atoms with Gasteiger partial charge in [-0.2, -0.15) is 0 Å². The minimum atomic E-state index is -0.573. The van der Waals surface area contributed by atoms with Crippen molar-refractivity contribution in [1.29, 1.82) is 0 Å². The zero-order valence-electron chi connectivity index (χ0n) is 14.7. The van der Waals surface area contributed by atoms with Crippen LogP contribution in [0.1, 0.15) is 72.6 Å². The van der Waals surface area contributed by atoms with Crippen molar-refractivity contribution in [2.45, 2.75) is 72.6 Å². The topological polar surface area (TPSA) is 37.3 Å². The molecule has 3 aliphatic carbocycles. The summed E-state index contributed by atoms with van der Waals surface area (Å²) in [5.74, 6) is 1.98. The summed E-state index contributed by atoms with van der Waals surface area (Å²) in [4.78, 5) is 12.0. The van der Waals surface area contributed by atoms with Gasteiger partial charge in [-0.05, 0) is 74.5 Å². The van der Waals surface area contributed by atoms with Crippen LogP contribution in [0.5, 0.6) is 0 Å². The highest BCUT2D eigenvalue weighted by Gasteiger charge is 2.57. The number of hydrogen-bond acceptors (Lipinski definition) is 1. The second kappa shape index (κ2) is 5.39. The second-order valence-electron chi connectivity index (χ2n) is 8.99. The van der Waals surface area contributed by atoms with E-state index in [1.807, 2.05) is 6.92 Å². The van der Waals surface area contributed by atoms with E-state index in [4.69, 9.17) is 0 Å². The Morgan fingerprint density at radius 1 is 1.27 bits per heavy atom. The SMILES string of the molecule is CC(C)C1CCC2C(=CCC3[C@]2(C)CCC[C@@]3(C)C(=O)O)C1. The highest BCUT2D eigenvalue weighted by molar-refractivity contribution is 5.75. The van der Waals surface area contributed by atoms with E-state index in [9.17, 15) is 9.90 Å². The van der Waals surface area contributed by atoms with Gasteiger partial charge in [0.2, 0.25) is 0 Å². The van der Waals surface area contributed by atoms with E-state index >= 15 is 0 Å². The molecule has 3 rings (SSSR count). The van der Waals surface area contributed by atoms with E-state index in [0.29, 0.717) is 11.8 Å². The molecule has 0 heterocycles. The van der Waals surface area contributed by atoms with Crippen molar-refractivity contribution in [3.05, 3.63) is 11.6 Å². The first kappa shape index (κ1) is 16.1. The Morgan fingerprint density at radius 2 is 2.00 bits per heavy atom. The summed E-state index contributed by atoms with van der Waals surface area (Å²) in [5.41, 5.74) is 1.35. The van der Waals surface area contributed by atoms with E-state index in [1.165, 1.54) is 25.7 Å². The highest BCUT2D eigenvalue weighted by Crippen LogP contribution is 2.62. The predicted octanol–water partition coefficient (Wildman–Crippen LogP) is 5.29. The van der Waals surface area contributed by atoms with E-state index in [-0.39, 0.29) is 5.41 Å². The Morgan fingerprint density at radius 3 is 2.64 bits per heavy atom. The Labute approximate surface area is 135 Å². The summed E-state index contributed by atoms with van der Waals surface area (Å²) >= 11 is 0. The number of allylic oxidation sites excluding steroid dienone is 2. The molecule has 1 N–H and O–H groups in total. The van der Waals surface area contributed by atoms with Gasteiger partial charge in [0.15, 0.2) is 0 Å². The van der Waals surface area contributed by atoms with Crippen LogP contribution in [-0.4, -0.2) is 11.1 Å². The Hall–Kier alpha value is -0.790. The third-order valence-electron chi connectivity index (χ3n) is 7.59. The van der Waals surface area contributed by atoms with Crippen LogP contribution in [0.4, 0.5) is 0 Å². The molecule has 5 atom stereocenters. The summed E-state index contributed by atoms with van der Waals surface area (Å²) in [6, 6.07) is 0. The Bertz CT molecular complexity index is 492. The first-order valence-corrected chi connectivity index (χ1v) is 9.21. The zero-order chi connectivity index (χ0) is 16.1. The van der Waals surface area contributed by atoms with Gasteiger partial charge < -0.3 is 5.11 Å². The fourth-order valence-corrected chi connectivity index (χ4v) is 6.05. The monoisotopic (exact) mass is 304 g/mol. The van der Waals surface area contributed by atoms with Crippen molar-refractivity contribution >= 4 is 5.97 Å². The lowest BCUT2D eigenvalue weighted by molar-refractivity contribution is -0.163. The number of carboxylic acid groups (broad SMARTS) is 1. The van der Waals surface area contributed by atoms with Crippen molar-refractivity contribution in [2.75, 3.05) is 0 Å². The van der Waals surface area contributed by atoms with Gasteiger partial charge in [-0.15, -0.1) is 0 Å². The smallest absolute Gasteiger partial charge is 0.309 e. The lowest BCUT2D eigenvalue weighted by Gasteiger charge is -2.58. The average molecular weight is 304 g/mol. The van der Waals surface area contributed by atoms with Gasteiger partial charge in [0.25, 0.3) is 0 Å². The minimum absolute atomic E-state index is 0.206. The summed E-state index contributed by atoms with van der Waals surface area (Å²) in [6.07, 6.45) is 10.4. The van der Waals surface area contributed by atoms with Crippen molar-refractivity contribution < 1.29 is 9.90 Å². The molecule has 2 fully saturated rings. The maximum atomic E-state index is 12.0. The number of rotatable bonds is 2. The van der Waals surface area contributed by atoms with Crippen LogP contribution in [0.2, 0.25) is 0 Å².